The first kappa shape index (κ1) is 29.1. The van der Waals surface area contributed by atoms with Gasteiger partial charge in [0.25, 0.3) is 0 Å². The van der Waals surface area contributed by atoms with Crippen LogP contribution in [0.5, 0.6) is 0 Å². The molecule has 0 amide bonds. The fourth-order valence-electron chi connectivity index (χ4n) is 9.42. The van der Waals surface area contributed by atoms with E-state index in [9.17, 15) is 0 Å². The van der Waals surface area contributed by atoms with Crippen LogP contribution in [0, 0.1) is 17.8 Å². The predicted octanol–water partition coefficient (Wildman–Crippen LogP) is 10.4. The number of hydrogen-bond donors (Lipinski definition) is 0. The molecule has 2 aliphatic heterocycles. The molecular weight excluding hydrogens is 599 g/mol. The van der Waals surface area contributed by atoms with Gasteiger partial charge in [-0.3, -0.25) is 4.57 Å². The second kappa shape index (κ2) is 11.3. The molecule has 49 heavy (non-hydrogen) atoms. The van der Waals surface area contributed by atoms with Crippen LogP contribution in [0.3, 0.4) is 0 Å². The minimum absolute atomic E-state index is 0.504. The molecule has 0 radical (unpaired) electrons. The molecule has 10 rings (SSSR count). The Hall–Kier alpha value is -4.90. The SMILES string of the molecule is CCC1CC2CC(C1)N(c1cccc(-c3nc(-c4ccccc4)cc(-n4c5ccccc5c5cc(N6C=C7CC7CC6C)ccc54)n3)c1)C2. The summed E-state index contributed by atoms with van der Waals surface area (Å²) in [6, 6.07) is 38.7. The number of benzene rings is 4. The Kier molecular flexibility index (Phi) is 6.72. The fourth-order valence-corrected chi connectivity index (χ4v) is 9.42. The number of aromatic nitrogens is 3. The Morgan fingerprint density at radius 2 is 1.55 bits per heavy atom. The molecule has 5 nitrogen and oxygen atoms in total. The summed E-state index contributed by atoms with van der Waals surface area (Å²) in [7, 11) is 0. The van der Waals surface area contributed by atoms with Crippen molar-refractivity contribution in [3.8, 4) is 28.5 Å². The maximum absolute atomic E-state index is 5.38. The van der Waals surface area contributed by atoms with Crippen LogP contribution in [0.4, 0.5) is 11.4 Å². The zero-order valence-corrected chi connectivity index (χ0v) is 28.5. The van der Waals surface area contributed by atoms with Crippen LogP contribution in [0.1, 0.15) is 52.4 Å². The third-order valence-corrected chi connectivity index (χ3v) is 12.0. The van der Waals surface area contributed by atoms with Gasteiger partial charge in [0.2, 0.25) is 0 Å². The zero-order valence-electron chi connectivity index (χ0n) is 28.5. The van der Waals surface area contributed by atoms with Crippen molar-refractivity contribution < 1.29 is 0 Å². The minimum atomic E-state index is 0.504. The number of hydrogen-bond acceptors (Lipinski definition) is 4. The summed E-state index contributed by atoms with van der Waals surface area (Å²) in [5, 5.41) is 2.50. The summed E-state index contributed by atoms with van der Waals surface area (Å²) in [4.78, 5) is 15.8. The molecule has 0 N–H and O–H groups in total. The predicted molar refractivity (Wildman–Crippen MR) is 202 cm³/mol. The topological polar surface area (TPSA) is 37.2 Å². The highest BCUT2D eigenvalue weighted by Crippen LogP contribution is 2.47. The second-order valence-electron chi connectivity index (χ2n) is 15.2. The van der Waals surface area contributed by atoms with Crippen molar-refractivity contribution in [1.82, 2.24) is 14.5 Å². The van der Waals surface area contributed by atoms with E-state index in [2.05, 4.69) is 138 Å². The van der Waals surface area contributed by atoms with Gasteiger partial charge >= 0.3 is 0 Å². The largest absolute Gasteiger partial charge is 0.368 e. The van der Waals surface area contributed by atoms with Gasteiger partial charge in [0.15, 0.2) is 5.82 Å². The molecule has 2 bridgehead atoms. The molecule has 2 saturated carbocycles. The second-order valence-corrected chi connectivity index (χ2v) is 15.2. The average molecular weight is 642 g/mol. The first-order valence-corrected chi connectivity index (χ1v) is 18.4. The van der Waals surface area contributed by atoms with Gasteiger partial charge < -0.3 is 9.80 Å². The van der Waals surface area contributed by atoms with E-state index >= 15 is 0 Å². The Balaban J connectivity index is 1.12. The third kappa shape index (κ3) is 4.96. The molecule has 4 aromatic carbocycles. The van der Waals surface area contributed by atoms with Crippen LogP contribution >= 0.6 is 0 Å². The number of allylic oxidation sites excluding steroid dienone is 1. The van der Waals surface area contributed by atoms with Gasteiger partial charge in [-0.05, 0) is 98.8 Å². The summed E-state index contributed by atoms with van der Waals surface area (Å²) in [5.74, 6) is 4.14. The molecule has 1 saturated heterocycles. The number of anilines is 2. The number of fused-ring (bicyclic) bond motifs is 6. The molecule has 5 unspecified atom stereocenters. The maximum atomic E-state index is 5.38. The lowest BCUT2D eigenvalue weighted by Crippen LogP contribution is -2.30. The van der Waals surface area contributed by atoms with Crippen LogP contribution in [-0.2, 0) is 0 Å². The van der Waals surface area contributed by atoms with Crippen molar-refractivity contribution in [1.29, 1.82) is 0 Å². The van der Waals surface area contributed by atoms with E-state index in [1.54, 1.807) is 5.57 Å². The highest BCUT2D eigenvalue weighted by atomic mass is 15.2. The monoisotopic (exact) mass is 641 g/mol. The van der Waals surface area contributed by atoms with Crippen molar-refractivity contribution >= 4 is 33.2 Å². The standard InChI is InChI=1S/C44H43N5/c1-3-29-19-30-21-37(20-29)48(26-30)35-13-9-12-32(23-35)44-45-40(31-10-5-4-6-11-31)25-43(46-44)49-41-15-8-7-14-38(41)39-24-36(16-17-42(39)49)47-27-34-22-33(34)18-28(47)2/h4-17,23-25,27-30,33,37H,3,18-22,26H2,1-2H3. The summed E-state index contributed by atoms with van der Waals surface area (Å²) in [6.45, 7) is 5.89. The lowest BCUT2D eigenvalue weighted by Gasteiger charge is -2.30. The van der Waals surface area contributed by atoms with Gasteiger partial charge in [-0.25, -0.2) is 9.97 Å². The van der Waals surface area contributed by atoms with Gasteiger partial charge in [-0.1, -0.05) is 74.0 Å². The number of para-hydroxylation sites is 1. The highest BCUT2D eigenvalue weighted by Gasteiger charge is 2.39. The Morgan fingerprint density at radius 3 is 2.45 bits per heavy atom. The third-order valence-electron chi connectivity index (χ3n) is 12.0. The quantitative estimate of drug-likeness (QED) is 0.181. The molecule has 5 atom stereocenters. The van der Waals surface area contributed by atoms with E-state index < -0.39 is 0 Å². The van der Waals surface area contributed by atoms with Crippen LogP contribution < -0.4 is 9.80 Å². The molecule has 4 heterocycles. The summed E-state index contributed by atoms with van der Waals surface area (Å²) in [5.41, 5.74) is 9.60. The van der Waals surface area contributed by atoms with Gasteiger partial charge in [0.1, 0.15) is 5.82 Å². The Morgan fingerprint density at radius 1 is 0.714 bits per heavy atom. The smallest absolute Gasteiger partial charge is 0.162 e. The normalized spacial score (nSPS) is 24.4. The van der Waals surface area contributed by atoms with Gasteiger partial charge in [-0.15, -0.1) is 0 Å². The van der Waals surface area contributed by atoms with E-state index in [-0.39, 0.29) is 0 Å². The van der Waals surface area contributed by atoms with Crippen molar-refractivity contribution in [3.05, 3.63) is 115 Å². The highest BCUT2D eigenvalue weighted by molar-refractivity contribution is 6.10. The molecule has 5 heteroatoms. The first-order chi connectivity index (χ1) is 24.1. The van der Waals surface area contributed by atoms with Gasteiger partial charge in [0.05, 0.1) is 16.7 Å². The van der Waals surface area contributed by atoms with E-state index in [0.29, 0.717) is 12.1 Å². The number of nitrogens with zero attached hydrogens (tertiary/aromatic N) is 5. The fraction of sp³-hybridized carbons (Fsp3) is 0.318. The Bertz CT molecular complexity index is 2250. The maximum Gasteiger partial charge on any atom is 0.162 e. The molecule has 2 aromatic heterocycles. The average Bonchev–Trinajstić information content (AvgIpc) is 3.74. The van der Waals surface area contributed by atoms with Crippen LogP contribution in [-0.4, -0.2) is 33.2 Å². The van der Waals surface area contributed by atoms with Gasteiger partial charge in [-0.2, -0.15) is 0 Å². The van der Waals surface area contributed by atoms with Crippen molar-refractivity contribution in [2.45, 2.75) is 64.5 Å². The van der Waals surface area contributed by atoms with E-state index in [1.807, 2.05) is 0 Å². The lowest BCUT2D eigenvalue weighted by atomic mass is 9.81. The van der Waals surface area contributed by atoms with Crippen molar-refractivity contribution in [3.63, 3.8) is 0 Å². The zero-order chi connectivity index (χ0) is 32.6. The molecule has 4 aliphatic rings. The van der Waals surface area contributed by atoms with Gasteiger partial charge in [0, 0.05) is 64.2 Å². The van der Waals surface area contributed by atoms with E-state index in [4.69, 9.17) is 9.97 Å². The van der Waals surface area contributed by atoms with E-state index in [0.717, 1.165) is 58.3 Å². The van der Waals surface area contributed by atoms with Crippen LogP contribution in [0.15, 0.2) is 115 Å². The molecule has 2 aliphatic carbocycles. The molecule has 6 aromatic rings. The molecule has 0 spiro atoms. The molecule has 3 fully saturated rings. The van der Waals surface area contributed by atoms with Crippen LogP contribution in [0.25, 0.3) is 50.3 Å². The first-order valence-electron chi connectivity index (χ1n) is 18.4. The van der Waals surface area contributed by atoms with Crippen molar-refractivity contribution in [2.24, 2.45) is 17.8 Å². The Labute approximate surface area is 288 Å². The summed E-state index contributed by atoms with van der Waals surface area (Å²) >= 11 is 0. The summed E-state index contributed by atoms with van der Waals surface area (Å²) < 4.78 is 2.35. The van der Waals surface area contributed by atoms with Crippen LogP contribution in [0.2, 0.25) is 0 Å². The molecular formula is C44H43N5. The summed E-state index contributed by atoms with van der Waals surface area (Å²) in [6.07, 6.45) is 10.2. The number of rotatable bonds is 6. The molecule has 244 valence electrons. The van der Waals surface area contributed by atoms with E-state index in [1.165, 1.54) is 66.2 Å². The lowest BCUT2D eigenvalue weighted by molar-refractivity contribution is 0.295. The minimum Gasteiger partial charge on any atom is -0.368 e. The van der Waals surface area contributed by atoms with Crippen molar-refractivity contribution in [2.75, 3.05) is 16.3 Å².